The van der Waals surface area contributed by atoms with Crippen molar-refractivity contribution < 1.29 is 28.2 Å². The molecule has 1 aromatic carbocycles. The van der Waals surface area contributed by atoms with Crippen molar-refractivity contribution in [2.75, 3.05) is 40.0 Å². The van der Waals surface area contributed by atoms with Gasteiger partial charge < -0.3 is 23.5 Å². The van der Waals surface area contributed by atoms with Gasteiger partial charge in [0.15, 0.2) is 8.32 Å². The number of likely N-dealkylation sites (N-methyl/N-ethyl adjacent to an activating group) is 1. The summed E-state index contributed by atoms with van der Waals surface area (Å²) in [5.74, 6) is 0.428. The number of amides is 1. The highest BCUT2D eigenvalue weighted by Gasteiger charge is 2.45. The number of benzene rings is 1. The lowest BCUT2D eigenvalue weighted by Gasteiger charge is -2.49. The second kappa shape index (κ2) is 12.0. The molecule has 2 bridgehead atoms. The summed E-state index contributed by atoms with van der Waals surface area (Å²) in [4.78, 5) is 30.0. The van der Waals surface area contributed by atoms with Gasteiger partial charge in [0, 0.05) is 19.1 Å². The highest BCUT2D eigenvalue weighted by Crippen LogP contribution is 2.39. The molecule has 9 heteroatoms. The Hall–Kier alpha value is -2.36. The van der Waals surface area contributed by atoms with Crippen LogP contribution in [0, 0.1) is 0 Å². The maximum Gasteiger partial charge on any atom is 0.410 e. The first-order valence-corrected chi connectivity index (χ1v) is 16.9. The molecule has 0 spiro atoms. The smallest absolute Gasteiger partial charge is 0.410 e. The average molecular weight is 561 g/mol. The maximum absolute atomic E-state index is 13.2. The summed E-state index contributed by atoms with van der Waals surface area (Å²) < 4.78 is 23.3. The van der Waals surface area contributed by atoms with E-state index in [9.17, 15) is 9.59 Å². The van der Waals surface area contributed by atoms with Gasteiger partial charge in [-0.3, -0.25) is 4.90 Å². The Kier molecular flexibility index (Phi) is 9.61. The first kappa shape index (κ1) is 31.2. The fourth-order valence-electron chi connectivity index (χ4n) is 4.74. The van der Waals surface area contributed by atoms with Crippen LogP contribution in [0.25, 0.3) is 5.57 Å². The third-order valence-electron chi connectivity index (χ3n) is 7.96. The molecule has 1 fully saturated rings. The minimum atomic E-state index is -1.81. The number of esters is 1. The molecule has 0 radical (unpaired) electrons. The molecule has 218 valence electrons. The van der Waals surface area contributed by atoms with E-state index in [2.05, 4.69) is 38.8 Å². The molecule has 0 N–H and O–H groups in total. The van der Waals surface area contributed by atoms with Crippen LogP contribution < -0.4 is 4.74 Å². The molecule has 0 aliphatic carbocycles. The molecule has 2 atom stereocenters. The van der Waals surface area contributed by atoms with Crippen LogP contribution in [0.1, 0.15) is 60.5 Å². The molecule has 1 amide bonds. The molecule has 1 aromatic rings. The molecule has 0 aromatic heterocycles. The number of rotatable bonds is 8. The molecular formula is C30H48N2O6Si. The van der Waals surface area contributed by atoms with Crippen molar-refractivity contribution in [3.05, 3.63) is 35.4 Å². The predicted octanol–water partition coefficient (Wildman–Crippen LogP) is 5.73. The molecule has 2 aliphatic rings. The summed E-state index contributed by atoms with van der Waals surface area (Å²) in [6, 6.07) is 7.68. The standard InChI is InChI=1S/C30H48N2O6Si/c1-11-35-27(33)26-24(18-22-19-32(20-25(26)31(22)8)28(34)38-29(2,3)4)21-12-14-23(15-13-21)36-16-17-37-39(9,10)30(5,6)7/h12-15,22,25H,11,16-20H2,1-10H3/t22-,25-/m1/s1. The van der Waals surface area contributed by atoms with E-state index in [4.69, 9.17) is 18.6 Å². The van der Waals surface area contributed by atoms with Crippen LogP contribution in [0.4, 0.5) is 4.79 Å². The molecule has 39 heavy (non-hydrogen) atoms. The van der Waals surface area contributed by atoms with Crippen LogP contribution in [0.15, 0.2) is 29.8 Å². The van der Waals surface area contributed by atoms with Gasteiger partial charge in [0.2, 0.25) is 0 Å². The monoisotopic (exact) mass is 560 g/mol. The van der Waals surface area contributed by atoms with E-state index >= 15 is 0 Å². The van der Waals surface area contributed by atoms with Crippen LogP contribution in [0.5, 0.6) is 5.75 Å². The number of hydrogen-bond donors (Lipinski definition) is 0. The third kappa shape index (κ3) is 7.64. The highest BCUT2D eigenvalue weighted by molar-refractivity contribution is 6.74. The number of ether oxygens (including phenoxy) is 3. The van der Waals surface area contributed by atoms with Crippen LogP contribution in [0.3, 0.4) is 0 Å². The van der Waals surface area contributed by atoms with Crippen molar-refractivity contribution in [3.63, 3.8) is 0 Å². The van der Waals surface area contributed by atoms with Crippen molar-refractivity contribution in [2.24, 2.45) is 0 Å². The molecule has 1 saturated heterocycles. The van der Waals surface area contributed by atoms with Gasteiger partial charge in [-0.05, 0) is 82.6 Å². The van der Waals surface area contributed by atoms with Gasteiger partial charge >= 0.3 is 12.1 Å². The summed E-state index contributed by atoms with van der Waals surface area (Å²) in [6.07, 6.45) is 0.275. The number of hydrogen-bond acceptors (Lipinski definition) is 7. The van der Waals surface area contributed by atoms with E-state index in [0.29, 0.717) is 38.3 Å². The molecule has 0 unspecified atom stereocenters. The van der Waals surface area contributed by atoms with Crippen molar-refractivity contribution in [2.45, 2.75) is 90.7 Å². The Balaban J connectivity index is 1.78. The summed E-state index contributed by atoms with van der Waals surface area (Å²) in [6.45, 7) is 20.8. The highest BCUT2D eigenvalue weighted by atomic mass is 28.4. The summed E-state index contributed by atoms with van der Waals surface area (Å²) >= 11 is 0. The lowest BCUT2D eigenvalue weighted by molar-refractivity contribution is -0.140. The van der Waals surface area contributed by atoms with Gasteiger partial charge in [-0.1, -0.05) is 32.9 Å². The maximum atomic E-state index is 13.2. The van der Waals surface area contributed by atoms with Crippen LogP contribution >= 0.6 is 0 Å². The number of piperazine rings is 1. The molecule has 2 aliphatic heterocycles. The summed E-state index contributed by atoms with van der Waals surface area (Å²) in [5, 5.41) is 0.162. The van der Waals surface area contributed by atoms with Crippen LogP contribution in [-0.2, 0) is 18.7 Å². The normalized spacial score (nSPS) is 20.6. The van der Waals surface area contributed by atoms with Gasteiger partial charge in [0.05, 0.1) is 24.8 Å². The van der Waals surface area contributed by atoms with Gasteiger partial charge in [0.1, 0.15) is 18.0 Å². The first-order valence-electron chi connectivity index (χ1n) is 14.0. The van der Waals surface area contributed by atoms with Crippen molar-refractivity contribution in [3.8, 4) is 5.75 Å². The Labute approximate surface area is 235 Å². The van der Waals surface area contributed by atoms with Crippen molar-refractivity contribution in [1.29, 1.82) is 0 Å². The predicted molar refractivity (Wildman–Crippen MR) is 156 cm³/mol. The lowest BCUT2D eigenvalue weighted by atomic mass is 9.82. The van der Waals surface area contributed by atoms with Crippen molar-refractivity contribution in [1.82, 2.24) is 9.80 Å². The lowest BCUT2D eigenvalue weighted by Crippen LogP contribution is -2.62. The summed E-state index contributed by atoms with van der Waals surface area (Å²) in [7, 11) is 0.207. The van der Waals surface area contributed by atoms with Gasteiger partial charge in [-0.25, -0.2) is 9.59 Å². The zero-order chi connectivity index (χ0) is 29.2. The van der Waals surface area contributed by atoms with Crippen LogP contribution in [0.2, 0.25) is 18.1 Å². The van der Waals surface area contributed by atoms with E-state index in [1.807, 2.05) is 59.0 Å². The van der Waals surface area contributed by atoms with E-state index in [0.717, 1.165) is 16.9 Å². The van der Waals surface area contributed by atoms with E-state index in [1.54, 1.807) is 4.90 Å². The van der Waals surface area contributed by atoms with Gasteiger partial charge in [0.25, 0.3) is 0 Å². The average Bonchev–Trinajstić information content (AvgIpc) is 2.80. The number of nitrogens with zero attached hydrogens (tertiary/aromatic N) is 2. The van der Waals surface area contributed by atoms with E-state index in [-0.39, 0.29) is 35.8 Å². The second-order valence-corrected chi connectivity index (χ2v) is 17.8. The largest absolute Gasteiger partial charge is 0.491 e. The fourth-order valence-corrected chi connectivity index (χ4v) is 5.77. The number of fused-ring (bicyclic) bond motifs is 2. The fraction of sp³-hybridized carbons (Fsp3) is 0.667. The first-order chi connectivity index (χ1) is 18.0. The molecule has 3 rings (SSSR count). The van der Waals surface area contributed by atoms with Crippen LogP contribution in [-0.4, -0.2) is 87.8 Å². The Morgan fingerprint density at radius 1 is 1.00 bits per heavy atom. The Morgan fingerprint density at radius 3 is 2.21 bits per heavy atom. The quantitative estimate of drug-likeness (QED) is 0.228. The zero-order valence-electron chi connectivity index (χ0n) is 25.6. The molecule has 2 heterocycles. The van der Waals surface area contributed by atoms with E-state index < -0.39 is 13.9 Å². The van der Waals surface area contributed by atoms with Gasteiger partial charge in [-0.15, -0.1) is 0 Å². The minimum Gasteiger partial charge on any atom is -0.491 e. The van der Waals surface area contributed by atoms with Crippen molar-refractivity contribution >= 4 is 26.0 Å². The van der Waals surface area contributed by atoms with Gasteiger partial charge in [-0.2, -0.15) is 0 Å². The molecular weight excluding hydrogens is 512 g/mol. The Bertz CT molecular complexity index is 1050. The zero-order valence-corrected chi connectivity index (χ0v) is 26.6. The topological polar surface area (TPSA) is 77.5 Å². The minimum absolute atomic E-state index is 0.0628. The molecule has 0 saturated carbocycles. The Morgan fingerprint density at radius 2 is 1.64 bits per heavy atom. The van der Waals surface area contributed by atoms with E-state index in [1.165, 1.54) is 0 Å². The third-order valence-corrected chi connectivity index (χ3v) is 12.5. The SMILES string of the molecule is CCOC(=O)C1=C(c2ccc(OCCO[Si](C)(C)C(C)(C)C)cc2)C[C@@H]2CN(C(=O)OC(C)(C)C)C[C@H]1N2C. The summed E-state index contributed by atoms with van der Waals surface area (Å²) in [5.41, 5.74) is 1.97. The number of carbonyl (C=O) groups excluding carboxylic acids is 2. The number of carbonyl (C=O) groups is 2. The second-order valence-electron chi connectivity index (χ2n) is 13.0. The molecule has 8 nitrogen and oxygen atoms in total.